The summed E-state index contributed by atoms with van der Waals surface area (Å²) < 4.78 is 7.55. The van der Waals surface area contributed by atoms with E-state index in [0.717, 1.165) is 22.6 Å². The van der Waals surface area contributed by atoms with E-state index in [9.17, 15) is 0 Å². The van der Waals surface area contributed by atoms with Crippen LogP contribution in [0.3, 0.4) is 0 Å². The van der Waals surface area contributed by atoms with Crippen molar-refractivity contribution < 1.29 is 4.52 Å². The minimum Gasteiger partial charge on any atom is -0.361 e. The van der Waals surface area contributed by atoms with Crippen LogP contribution in [0.25, 0.3) is 33.2 Å². The molecular formula is C21H20N2O. The first-order valence-electron chi connectivity index (χ1n) is 8.14. The molecule has 0 N–H and O–H groups in total. The molecule has 0 saturated heterocycles. The fraction of sp³-hybridized carbons (Fsp3) is 0.190. The van der Waals surface area contributed by atoms with Gasteiger partial charge in [0.25, 0.3) is 0 Å². The average molecular weight is 316 g/mol. The number of hydrogen-bond acceptors (Lipinski definition) is 2. The number of fused-ring (bicyclic) bond motifs is 1. The van der Waals surface area contributed by atoms with E-state index in [-0.39, 0.29) is 0 Å². The van der Waals surface area contributed by atoms with Gasteiger partial charge < -0.3 is 9.09 Å². The van der Waals surface area contributed by atoms with Crippen molar-refractivity contribution in [2.75, 3.05) is 0 Å². The Bertz CT molecular complexity index is 1030. The van der Waals surface area contributed by atoms with Gasteiger partial charge in [0.05, 0.1) is 5.69 Å². The molecule has 0 unspecified atom stereocenters. The van der Waals surface area contributed by atoms with Crippen LogP contribution in [0.5, 0.6) is 0 Å². The largest absolute Gasteiger partial charge is 0.361 e. The normalized spacial score (nSPS) is 11.3. The lowest BCUT2D eigenvalue weighted by molar-refractivity contribution is 0.393. The van der Waals surface area contributed by atoms with Gasteiger partial charge in [-0.15, -0.1) is 0 Å². The summed E-state index contributed by atoms with van der Waals surface area (Å²) in [7, 11) is 2.08. The molecule has 120 valence electrons. The van der Waals surface area contributed by atoms with Crippen molar-refractivity contribution in [1.82, 2.24) is 9.72 Å². The van der Waals surface area contributed by atoms with Crippen LogP contribution in [0.4, 0.5) is 0 Å². The summed E-state index contributed by atoms with van der Waals surface area (Å²) in [5.74, 6) is 0.858. The van der Waals surface area contributed by atoms with E-state index in [1.165, 1.54) is 27.6 Å². The van der Waals surface area contributed by atoms with Gasteiger partial charge >= 0.3 is 0 Å². The fourth-order valence-electron chi connectivity index (χ4n) is 3.51. The van der Waals surface area contributed by atoms with Gasteiger partial charge in [0.15, 0.2) is 0 Å². The van der Waals surface area contributed by atoms with E-state index in [4.69, 9.17) is 4.52 Å². The molecule has 0 atom stereocenters. The highest BCUT2D eigenvalue weighted by Gasteiger charge is 2.16. The number of hydrogen-bond donors (Lipinski definition) is 0. The van der Waals surface area contributed by atoms with Crippen LogP contribution in [0.15, 0.2) is 53.2 Å². The lowest BCUT2D eigenvalue weighted by atomic mass is 9.93. The molecule has 2 aromatic heterocycles. The van der Waals surface area contributed by atoms with E-state index in [1.807, 2.05) is 13.8 Å². The zero-order chi connectivity index (χ0) is 16.8. The lowest BCUT2D eigenvalue weighted by Crippen LogP contribution is -1.90. The third kappa shape index (κ3) is 2.16. The first-order chi connectivity index (χ1) is 11.6. The predicted molar refractivity (Wildman–Crippen MR) is 98.1 cm³/mol. The molecule has 0 spiro atoms. The highest BCUT2D eigenvalue weighted by atomic mass is 16.5. The third-order valence-corrected chi connectivity index (χ3v) is 4.76. The van der Waals surface area contributed by atoms with Crippen LogP contribution in [-0.2, 0) is 7.05 Å². The average Bonchev–Trinajstić information content (AvgIpc) is 3.10. The molecule has 0 saturated carbocycles. The van der Waals surface area contributed by atoms with Gasteiger partial charge in [-0.3, -0.25) is 0 Å². The molecule has 2 heterocycles. The first-order valence-corrected chi connectivity index (χ1v) is 8.14. The summed E-state index contributed by atoms with van der Waals surface area (Å²) >= 11 is 0. The minimum absolute atomic E-state index is 0.858. The third-order valence-electron chi connectivity index (χ3n) is 4.76. The molecule has 3 nitrogen and oxygen atoms in total. The molecule has 0 aliphatic rings. The molecule has 0 aliphatic heterocycles. The Labute approximate surface area is 141 Å². The van der Waals surface area contributed by atoms with Crippen molar-refractivity contribution in [2.24, 2.45) is 7.05 Å². The van der Waals surface area contributed by atoms with Crippen molar-refractivity contribution in [2.45, 2.75) is 20.8 Å². The smallest absolute Gasteiger partial charge is 0.141 e. The molecule has 0 fully saturated rings. The summed E-state index contributed by atoms with van der Waals surface area (Å²) in [6.07, 6.45) is 2.11. The van der Waals surface area contributed by atoms with Crippen LogP contribution in [-0.4, -0.2) is 9.72 Å². The lowest BCUT2D eigenvalue weighted by Gasteiger charge is -2.11. The molecule has 0 amide bonds. The fourth-order valence-corrected chi connectivity index (χ4v) is 3.51. The van der Waals surface area contributed by atoms with E-state index in [0.29, 0.717) is 0 Å². The SMILES string of the molecule is Cc1ccccc1-c1cc(-c2c(C)noc2C)cc2c1ccn2C. The molecule has 3 heteroatoms. The van der Waals surface area contributed by atoms with Crippen LogP contribution in [0, 0.1) is 20.8 Å². The summed E-state index contributed by atoms with van der Waals surface area (Å²) in [6.45, 7) is 6.12. The van der Waals surface area contributed by atoms with Crippen molar-refractivity contribution in [3.05, 3.63) is 65.7 Å². The molecular weight excluding hydrogens is 296 g/mol. The maximum Gasteiger partial charge on any atom is 0.141 e. The highest BCUT2D eigenvalue weighted by Crippen LogP contribution is 2.37. The molecule has 4 rings (SSSR count). The molecule has 0 radical (unpaired) electrons. The van der Waals surface area contributed by atoms with E-state index < -0.39 is 0 Å². The van der Waals surface area contributed by atoms with Gasteiger partial charge in [0, 0.05) is 29.7 Å². The monoisotopic (exact) mass is 316 g/mol. The number of nitrogens with zero attached hydrogens (tertiary/aromatic N) is 2. The predicted octanol–water partition coefficient (Wildman–Crippen LogP) is 5.43. The second-order valence-electron chi connectivity index (χ2n) is 6.40. The Balaban J connectivity index is 2.08. The molecule has 2 aromatic carbocycles. The van der Waals surface area contributed by atoms with E-state index in [2.05, 4.69) is 72.4 Å². The zero-order valence-corrected chi connectivity index (χ0v) is 14.4. The van der Waals surface area contributed by atoms with Gasteiger partial charge in [-0.25, -0.2) is 0 Å². The quantitative estimate of drug-likeness (QED) is 0.494. The molecule has 24 heavy (non-hydrogen) atoms. The van der Waals surface area contributed by atoms with Gasteiger partial charge in [-0.1, -0.05) is 29.4 Å². The summed E-state index contributed by atoms with van der Waals surface area (Å²) in [4.78, 5) is 0. The Kier molecular flexibility index (Phi) is 3.31. The zero-order valence-electron chi connectivity index (χ0n) is 14.4. The Morgan fingerprint density at radius 2 is 1.75 bits per heavy atom. The van der Waals surface area contributed by atoms with Gasteiger partial charge in [-0.05, 0) is 61.2 Å². The molecule has 0 bridgehead atoms. The van der Waals surface area contributed by atoms with E-state index in [1.54, 1.807) is 0 Å². The topological polar surface area (TPSA) is 31.0 Å². The number of benzene rings is 2. The molecule has 4 aromatic rings. The van der Waals surface area contributed by atoms with Crippen LogP contribution in [0.1, 0.15) is 17.0 Å². The van der Waals surface area contributed by atoms with Gasteiger partial charge in [0.1, 0.15) is 5.76 Å². The minimum atomic E-state index is 0.858. The van der Waals surface area contributed by atoms with Crippen LogP contribution >= 0.6 is 0 Å². The van der Waals surface area contributed by atoms with Crippen molar-refractivity contribution in [1.29, 1.82) is 0 Å². The maximum atomic E-state index is 5.39. The van der Waals surface area contributed by atoms with E-state index >= 15 is 0 Å². The second-order valence-corrected chi connectivity index (χ2v) is 6.40. The Morgan fingerprint density at radius 1 is 0.958 bits per heavy atom. The number of aryl methyl sites for hydroxylation is 4. The maximum absolute atomic E-state index is 5.39. The van der Waals surface area contributed by atoms with Crippen molar-refractivity contribution >= 4 is 10.9 Å². The first kappa shape index (κ1) is 14.8. The summed E-state index contributed by atoms with van der Waals surface area (Å²) in [6, 6.07) is 15.2. The van der Waals surface area contributed by atoms with Crippen LogP contribution < -0.4 is 0 Å². The molecule has 0 aliphatic carbocycles. The number of rotatable bonds is 2. The van der Waals surface area contributed by atoms with Crippen LogP contribution in [0.2, 0.25) is 0 Å². The summed E-state index contributed by atoms with van der Waals surface area (Å²) in [5, 5.41) is 5.39. The standard InChI is InChI=1S/C21H20N2O/c1-13-7-5-6-8-17(13)19-11-16(21-14(2)22-24-15(21)3)12-20-18(19)9-10-23(20)4/h5-12H,1-4H3. The van der Waals surface area contributed by atoms with Gasteiger partial charge in [-0.2, -0.15) is 0 Å². The second kappa shape index (κ2) is 5.38. The Morgan fingerprint density at radius 3 is 2.46 bits per heavy atom. The highest BCUT2D eigenvalue weighted by molar-refractivity contribution is 5.99. The van der Waals surface area contributed by atoms with Gasteiger partial charge in [0.2, 0.25) is 0 Å². The van der Waals surface area contributed by atoms with Crippen molar-refractivity contribution in [3.8, 4) is 22.3 Å². The number of aromatic nitrogens is 2. The van der Waals surface area contributed by atoms with Crippen molar-refractivity contribution in [3.63, 3.8) is 0 Å². The Hall–Kier alpha value is -2.81. The summed E-state index contributed by atoms with van der Waals surface area (Å²) in [5.41, 5.74) is 8.18.